The van der Waals surface area contributed by atoms with Crippen LogP contribution in [0.2, 0.25) is 0 Å². The molecule has 1 atom stereocenters. The lowest BCUT2D eigenvalue weighted by Crippen LogP contribution is -2.23. The van der Waals surface area contributed by atoms with Crippen molar-refractivity contribution in [3.05, 3.63) is 95.5 Å². The van der Waals surface area contributed by atoms with Gasteiger partial charge in [0, 0.05) is 32.6 Å². The number of nitro groups is 1. The predicted molar refractivity (Wildman–Crippen MR) is 141 cm³/mol. The fourth-order valence-corrected chi connectivity index (χ4v) is 4.01. The van der Waals surface area contributed by atoms with Gasteiger partial charge in [-0.05, 0) is 42.8 Å². The molecule has 0 fully saturated rings. The normalized spacial score (nSPS) is 12.2. The molecule has 2 heterocycles. The number of halogens is 2. The summed E-state index contributed by atoms with van der Waals surface area (Å²) in [5.41, 5.74) is 0.756. The first-order valence-electron chi connectivity index (χ1n) is 10.6. The monoisotopic (exact) mass is 599 g/mol. The first kappa shape index (κ1) is 24.7. The number of aromatic nitrogens is 3. The number of ether oxygens (including phenoxy) is 1. The summed E-state index contributed by atoms with van der Waals surface area (Å²) < 4.78 is 8.71. The van der Waals surface area contributed by atoms with E-state index in [2.05, 4.69) is 41.9 Å². The van der Waals surface area contributed by atoms with Gasteiger partial charge in [0.1, 0.15) is 17.8 Å². The third-order valence-electron chi connectivity index (χ3n) is 5.32. The quantitative estimate of drug-likeness (QED) is 0.138. The molecule has 0 aliphatic heterocycles. The molecule has 0 bridgehead atoms. The molecule has 2 aromatic carbocycles. The second-order valence-electron chi connectivity index (χ2n) is 7.70. The number of fused-ring (bicyclic) bond motifs is 1. The van der Waals surface area contributed by atoms with E-state index in [9.17, 15) is 14.9 Å². The minimum absolute atomic E-state index is 0.00423. The molecule has 0 aliphatic carbocycles. The number of nitrogens with zero attached hydrogens (tertiary/aromatic N) is 5. The minimum atomic E-state index is -0.531. The summed E-state index contributed by atoms with van der Waals surface area (Å²) in [6, 6.07) is 13.4. The zero-order valence-corrected chi connectivity index (χ0v) is 21.9. The molecule has 0 aliphatic rings. The first-order chi connectivity index (χ1) is 16.8. The molecule has 0 radical (unpaired) electrons. The van der Waals surface area contributed by atoms with Gasteiger partial charge in [0.2, 0.25) is 5.88 Å². The molecule has 0 amide bonds. The Morgan fingerprint density at radius 2 is 1.91 bits per heavy atom. The van der Waals surface area contributed by atoms with Gasteiger partial charge in [-0.15, -0.1) is 0 Å². The van der Waals surface area contributed by atoms with Crippen molar-refractivity contribution >= 4 is 54.7 Å². The lowest BCUT2D eigenvalue weighted by atomic mass is 10.1. The Morgan fingerprint density at radius 3 is 2.60 bits per heavy atom. The summed E-state index contributed by atoms with van der Waals surface area (Å²) in [6.07, 6.45) is 3.42. The van der Waals surface area contributed by atoms with Gasteiger partial charge in [0.15, 0.2) is 0 Å². The summed E-state index contributed by atoms with van der Waals surface area (Å²) in [5.74, 6) is 1.14. The summed E-state index contributed by atoms with van der Waals surface area (Å²) in [7, 11) is 0. The fourth-order valence-electron chi connectivity index (χ4n) is 3.27. The molecule has 35 heavy (non-hydrogen) atoms. The van der Waals surface area contributed by atoms with Crippen LogP contribution >= 0.6 is 31.9 Å². The van der Waals surface area contributed by atoms with Gasteiger partial charge in [-0.25, -0.2) is 9.97 Å². The third kappa shape index (κ3) is 5.46. The van der Waals surface area contributed by atoms with E-state index in [4.69, 9.17) is 9.72 Å². The van der Waals surface area contributed by atoms with Crippen LogP contribution in [0.5, 0.6) is 11.6 Å². The molecule has 11 heteroatoms. The minimum Gasteiger partial charge on any atom is -0.438 e. The van der Waals surface area contributed by atoms with Crippen molar-refractivity contribution in [2.24, 2.45) is 5.10 Å². The van der Waals surface area contributed by atoms with Gasteiger partial charge in [-0.1, -0.05) is 45.7 Å². The highest BCUT2D eigenvalue weighted by Crippen LogP contribution is 2.27. The van der Waals surface area contributed by atoms with Crippen molar-refractivity contribution in [2.45, 2.75) is 26.2 Å². The molecule has 4 rings (SSSR count). The number of hydrogen-bond acceptors (Lipinski definition) is 7. The second-order valence-corrected chi connectivity index (χ2v) is 9.53. The lowest BCUT2D eigenvalue weighted by molar-refractivity contribution is -0.385. The molecule has 0 saturated carbocycles. The molecule has 4 aromatic rings. The lowest BCUT2D eigenvalue weighted by Gasteiger charge is -2.14. The molecule has 9 nitrogen and oxygen atoms in total. The van der Waals surface area contributed by atoms with Gasteiger partial charge in [-0.2, -0.15) is 9.78 Å². The van der Waals surface area contributed by atoms with Crippen molar-refractivity contribution in [1.29, 1.82) is 0 Å². The van der Waals surface area contributed by atoms with E-state index >= 15 is 0 Å². The van der Waals surface area contributed by atoms with Crippen LogP contribution in [0.4, 0.5) is 5.69 Å². The standard InChI is InChI=1S/C24H19Br2N5O4/c1-3-14(2)23-29-20-7-4-17(26)11-19(20)24(32)30(23)28-12-15-10-16(25)5-8-21(15)35-22-9-6-18(13-27-22)31(33)34/h4-14H,3H2,1-2H3/t14-/m0/s1. The van der Waals surface area contributed by atoms with Crippen molar-refractivity contribution < 1.29 is 9.66 Å². The van der Waals surface area contributed by atoms with E-state index in [1.54, 1.807) is 30.3 Å². The zero-order chi connectivity index (χ0) is 25.1. The summed E-state index contributed by atoms with van der Waals surface area (Å²) in [5, 5.41) is 15.8. The predicted octanol–water partition coefficient (Wildman–Crippen LogP) is 6.41. The van der Waals surface area contributed by atoms with Crippen LogP contribution in [0.3, 0.4) is 0 Å². The smallest absolute Gasteiger partial charge is 0.287 e. The van der Waals surface area contributed by atoms with Crippen molar-refractivity contribution in [3.63, 3.8) is 0 Å². The maximum Gasteiger partial charge on any atom is 0.287 e. The SMILES string of the molecule is CC[C@H](C)c1nc2ccc(Br)cc2c(=O)n1N=Cc1cc(Br)ccc1Oc1ccc([N+](=O)[O-])cn1. The molecule has 2 aromatic heterocycles. The Labute approximate surface area is 216 Å². The van der Waals surface area contributed by atoms with Gasteiger partial charge < -0.3 is 4.74 Å². The Morgan fingerprint density at radius 1 is 1.17 bits per heavy atom. The van der Waals surface area contributed by atoms with Gasteiger partial charge >= 0.3 is 0 Å². The van der Waals surface area contributed by atoms with Gasteiger partial charge in [0.05, 0.1) is 22.0 Å². The highest BCUT2D eigenvalue weighted by Gasteiger charge is 2.16. The molecule has 178 valence electrons. The summed E-state index contributed by atoms with van der Waals surface area (Å²) in [6.45, 7) is 4.01. The number of pyridine rings is 1. The Hall–Kier alpha value is -3.44. The molecule has 0 spiro atoms. The number of hydrogen-bond donors (Lipinski definition) is 0. The summed E-state index contributed by atoms with van der Waals surface area (Å²) >= 11 is 6.85. The first-order valence-corrected chi connectivity index (χ1v) is 12.2. The van der Waals surface area contributed by atoms with Gasteiger partial charge in [0.25, 0.3) is 11.2 Å². The highest BCUT2D eigenvalue weighted by atomic mass is 79.9. The van der Waals surface area contributed by atoms with Crippen molar-refractivity contribution in [1.82, 2.24) is 14.6 Å². The van der Waals surface area contributed by atoms with E-state index in [0.29, 0.717) is 28.0 Å². The van der Waals surface area contributed by atoms with Crippen LogP contribution in [0.25, 0.3) is 10.9 Å². The van der Waals surface area contributed by atoms with Crippen LogP contribution in [-0.4, -0.2) is 25.8 Å². The van der Waals surface area contributed by atoms with Crippen molar-refractivity contribution in [3.8, 4) is 11.6 Å². The second kappa shape index (κ2) is 10.4. The van der Waals surface area contributed by atoms with Crippen LogP contribution < -0.4 is 10.3 Å². The van der Waals surface area contributed by atoms with Crippen LogP contribution in [0.15, 0.2) is 73.6 Å². The average Bonchev–Trinajstić information content (AvgIpc) is 2.85. The van der Waals surface area contributed by atoms with E-state index in [-0.39, 0.29) is 23.0 Å². The van der Waals surface area contributed by atoms with E-state index in [1.807, 2.05) is 19.9 Å². The Bertz CT molecular complexity index is 1500. The molecule has 0 saturated heterocycles. The average molecular weight is 601 g/mol. The Balaban J connectivity index is 1.77. The summed E-state index contributed by atoms with van der Waals surface area (Å²) in [4.78, 5) is 32.4. The van der Waals surface area contributed by atoms with E-state index in [0.717, 1.165) is 21.6 Å². The Kier molecular flexibility index (Phi) is 7.37. The number of rotatable bonds is 7. The molecule has 0 unspecified atom stereocenters. The maximum absolute atomic E-state index is 13.4. The highest BCUT2D eigenvalue weighted by molar-refractivity contribution is 9.10. The maximum atomic E-state index is 13.4. The van der Waals surface area contributed by atoms with Crippen LogP contribution in [0, 0.1) is 10.1 Å². The molecule has 0 N–H and O–H groups in total. The topological polar surface area (TPSA) is 113 Å². The largest absolute Gasteiger partial charge is 0.438 e. The third-order valence-corrected chi connectivity index (χ3v) is 6.30. The molecular formula is C24H19Br2N5O4. The van der Waals surface area contributed by atoms with Crippen molar-refractivity contribution in [2.75, 3.05) is 0 Å². The van der Waals surface area contributed by atoms with Gasteiger partial charge in [-0.3, -0.25) is 14.9 Å². The van der Waals surface area contributed by atoms with Crippen LogP contribution in [-0.2, 0) is 0 Å². The van der Waals surface area contributed by atoms with E-state index in [1.165, 1.54) is 23.0 Å². The fraction of sp³-hybridized carbons (Fsp3) is 0.167. The van der Waals surface area contributed by atoms with E-state index < -0.39 is 4.92 Å². The number of benzene rings is 2. The van der Waals surface area contributed by atoms with Crippen LogP contribution in [0.1, 0.15) is 37.6 Å². The zero-order valence-electron chi connectivity index (χ0n) is 18.7. The molecular weight excluding hydrogens is 582 g/mol.